The maximum absolute atomic E-state index is 13.2. The first kappa shape index (κ1) is 13.8. The number of carbonyl (C=O) groups excluding carboxylic acids is 1. The van der Waals surface area contributed by atoms with E-state index in [1.807, 2.05) is 0 Å². The van der Waals surface area contributed by atoms with Gasteiger partial charge in [0, 0.05) is 11.1 Å². The third kappa shape index (κ3) is 2.69. The quantitative estimate of drug-likeness (QED) is 0.622. The lowest BCUT2D eigenvalue weighted by Gasteiger charge is -2.09. The van der Waals surface area contributed by atoms with Crippen molar-refractivity contribution in [3.63, 3.8) is 0 Å². The van der Waals surface area contributed by atoms with E-state index < -0.39 is 11.9 Å². The fourth-order valence-electron chi connectivity index (χ4n) is 1.62. The molecular weight excluding hydrogens is 292 g/mol. The van der Waals surface area contributed by atoms with Gasteiger partial charge in [0.2, 0.25) is 5.95 Å². The van der Waals surface area contributed by atoms with Crippen LogP contribution >= 0.6 is 23.2 Å². The van der Waals surface area contributed by atoms with E-state index >= 15 is 0 Å². The molecular formula is C13H8Cl2FNO2. The van der Waals surface area contributed by atoms with Crippen LogP contribution in [0.4, 0.5) is 4.39 Å². The summed E-state index contributed by atoms with van der Waals surface area (Å²) in [4.78, 5) is 15.2. The van der Waals surface area contributed by atoms with Crippen molar-refractivity contribution >= 4 is 29.2 Å². The number of benzene rings is 1. The molecule has 0 unspecified atom stereocenters. The molecule has 6 heteroatoms. The Morgan fingerprint density at radius 2 is 1.95 bits per heavy atom. The molecule has 2 aromatic rings. The molecule has 0 bridgehead atoms. The number of esters is 1. The Morgan fingerprint density at radius 3 is 2.63 bits per heavy atom. The maximum atomic E-state index is 13.2. The van der Waals surface area contributed by atoms with Crippen LogP contribution in [-0.2, 0) is 4.74 Å². The summed E-state index contributed by atoms with van der Waals surface area (Å²) < 4.78 is 17.7. The number of nitrogens with zero attached hydrogens (tertiary/aromatic N) is 1. The van der Waals surface area contributed by atoms with Crippen molar-refractivity contribution in [2.75, 3.05) is 7.11 Å². The fourth-order valence-corrected chi connectivity index (χ4v) is 2.02. The zero-order chi connectivity index (χ0) is 14.0. The number of aromatic nitrogens is 1. The van der Waals surface area contributed by atoms with E-state index in [9.17, 15) is 9.18 Å². The van der Waals surface area contributed by atoms with Crippen molar-refractivity contribution in [1.82, 2.24) is 4.98 Å². The number of methoxy groups -OCH3 is 1. The van der Waals surface area contributed by atoms with Crippen molar-refractivity contribution in [2.45, 2.75) is 0 Å². The number of ether oxygens (including phenoxy) is 1. The monoisotopic (exact) mass is 299 g/mol. The number of carbonyl (C=O) groups is 1. The summed E-state index contributed by atoms with van der Waals surface area (Å²) in [5.41, 5.74) is 0.703. The van der Waals surface area contributed by atoms with Crippen LogP contribution in [0.2, 0.25) is 10.0 Å². The van der Waals surface area contributed by atoms with Gasteiger partial charge >= 0.3 is 5.97 Å². The van der Waals surface area contributed by atoms with E-state index in [0.29, 0.717) is 16.1 Å². The van der Waals surface area contributed by atoms with Crippen LogP contribution in [-0.4, -0.2) is 18.1 Å². The molecule has 1 heterocycles. The standard InChI is InChI=1S/C13H8Cl2FNO2/c1-19-13(18)12-8(5-6-10(16)17-12)7-3-2-4-9(14)11(7)15/h2-6H,1H3. The number of halogens is 3. The summed E-state index contributed by atoms with van der Waals surface area (Å²) >= 11 is 12.0. The van der Waals surface area contributed by atoms with E-state index in [2.05, 4.69) is 9.72 Å². The number of rotatable bonds is 2. The highest BCUT2D eigenvalue weighted by atomic mass is 35.5. The average molecular weight is 300 g/mol. The van der Waals surface area contributed by atoms with Crippen LogP contribution in [0.25, 0.3) is 11.1 Å². The van der Waals surface area contributed by atoms with E-state index in [4.69, 9.17) is 23.2 Å². The van der Waals surface area contributed by atoms with Crippen molar-refractivity contribution in [2.24, 2.45) is 0 Å². The summed E-state index contributed by atoms with van der Waals surface area (Å²) in [5, 5.41) is 0.599. The lowest BCUT2D eigenvalue weighted by molar-refractivity contribution is 0.0593. The molecule has 0 aliphatic rings. The summed E-state index contributed by atoms with van der Waals surface area (Å²) in [6.07, 6.45) is 0. The molecule has 2 rings (SSSR count). The Kier molecular flexibility index (Phi) is 4.02. The van der Waals surface area contributed by atoms with Crippen molar-refractivity contribution in [1.29, 1.82) is 0 Å². The van der Waals surface area contributed by atoms with Gasteiger partial charge in [-0.25, -0.2) is 9.78 Å². The van der Waals surface area contributed by atoms with Crippen molar-refractivity contribution < 1.29 is 13.9 Å². The molecule has 1 aromatic carbocycles. The van der Waals surface area contributed by atoms with Crippen LogP contribution in [0.5, 0.6) is 0 Å². The topological polar surface area (TPSA) is 39.2 Å². The van der Waals surface area contributed by atoms with Crippen LogP contribution in [0, 0.1) is 5.95 Å². The number of pyridine rings is 1. The fraction of sp³-hybridized carbons (Fsp3) is 0.0769. The summed E-state index contributed by atoms with van der Waals surface area (Å²) in [6, 6.07) is 7.50. The minimum Gasteiger partial charge on any atom is -0.464 e. The Balaban J connectivity index is 2.68. The van der Waals surface area contributed by atoms with Gasteiger partial charge in [-0.3, -0.25) is 0 Å². The smallest absolute Gasteiger partial charge is 0.357 e. The van der Waals surface area contributed by atoms with E-state index in [0.717, 1.165) is 6.07 Å². The van der Waals surface area contributed by atoms with Gasteiger partial charge in [0.05, 0.1) is 17.2 Å². The Morgan fingerprint density at radius 1 is 1.21 bits per heavy atom. The van der Waals surface area contributed by atoms with Gasteiger partial charge in [-0.15, -0.1) is 0 Å². The molecule has 1 aromatic heterocycles. The second kappa shape index (κ2) is 5.55. The largest absolute Gasteiger partial charge is 0.464 e. The van der Waals surface area contributed by atoms with Gasteiger partial charge < -0.3 is 4.74 Å². The highest BCUT2D eigenvalue weighted by Gasteiger charge is 2.18. The molecule has 3 nitrogen and oxygen atoms in total. The van der Waals surface area contributed by atoms with E-state index in [1.165, 1.54) is 13.2 Å². The first-order chi connectivity index (χ1) is 9.04. The van der Waals surface area contributed by atoms with Gasteiger partial charge in [-0.05, 0) is 18.2 Å². The predicted molar refractivity (Wildman–Crippen MR) is 71.0 cm³/mol. The van der Waals surface area contributed by atoms with Gasteiger partial charge in [-0.1, -0.05) is 35.3 Å². The SMILES string of the molecule is COC(=O)c1nc(F)ccc1-c1cccc(Cl)c1Cl. The van der Waals surface area contributed by atoms with Crippen LogP contribution < -0.4 is 0 Å². The summed E-state index contributed by atoms with van der Waals surface area (Å²) in [6.45, 7) is 0. The minimum atomic E-state index is -0.776. The molecule has 0 amide bonds. The first-order valence-electron chi connectivity index (χ1n) is 5.24. The summed E-state index contributed by atoms with van der Waals surface area (Å²) in [7, 11) is 1.19. The third-order valence-corrected chi connectivity index (χ3v) is 3.30. The predicted octanol–water partition coefficient (Wildman–Crippen LogP) is 3.98. The zero-order valence-electron chi connectivity index (χ0n) is 9.78. The normalized spacial score (nSPS) is 10.3. The van der Waals surface area contributed by atoms with Gasteiger partial charge in [0.15, 0.2) is 5.69 Å². The Labute approximate surface area is 118 Å². The van der Waals surface area contributed by atoms with Gasteiger partial charge in [0.25, 0.3) is 0 Å². The van der Waals surface area contributed by atoms with E-state index in [1.54, 1.807) is 18.2 Å². The van der Waals surface area contributed by atoms with Gasteiger partial charge in [-0.2, -0.15) is 4.39 Å². The molecule has 98 valence electrons. The molecule has 0 aliphatic heterocycles. The number of hydrogen-bond acceptors (Lipinski definition) is 3. The Hall–Kier alpha value is -1.65. The lowest BCUT2D eigenvalue weighted by atomic mass is 10.0. The number of hydrogen-bond donors (Lipinski definition) is 0. The van der Waals surface area contributed by atoms with Crippen molar-refractivity contribution in [3.8, 4) is 11.1 Å². The third-order valence-electron chi connectivity index (χ3n) is 2.48. The molecule has 0 fully saturated rings. The highest BCUT2D eigenvalue weighted by Crippen LogP contribution is 2.34. The van der Waals surface area contributed by atoms with Crippen LogP contribution in [0.3, 0.4) is 0 Å². The average Bonchev–Trinajstić information content (AvgIpc) is 2.41. The van der Waals surface area contributed by atoms with Crippen LogP contribution in [0.1, 0.15) is 10.5 Å². The molecule has 0 aliphatic carbocycles. The molecule has 0 radical (unpaired) electrons. The molecule has 0 saturated heterocycles. The minimum absolute atomic E-state index is 0.147. The van der Waals surface area contributed by atoms with E-state index in [-0.39, 0.29) is 10.7 Å². The molecule has 0 N–H and O–H groups in total. The summed E-state index contributed by atoms with van der Waals surface area (Å²) in [5.74, 6) is -1.52. The second-order valence-corrected chi connectivity index (χ2v) is 4.41. The second-order valence-electron chi connectivity index (χ2n) is 3.62. The van der Waals surface area contributed by atoms with Gasteiger partial charge in [0.1, 0.15) is 0 Å². The first-order valence-corrected chi connectivity index (χ1v) is 5.99. The lowest BCUT2D eigenvalue weighted by Crippen LogP contribution is -2.08. The molecule has 0 atom stereocenters. The van der Waals surface area contributed by atoms with Crippen LogP contribution in [0.15, 0.2) is 30.3 Å². The maximum Gasteiger partial charge on any atom is 0.357 e. The van der Waals surface area contributed by atoms with Crippen molar-refractivity contribution in [3.05, 3.63) is 52.0 Å². The zero-order valence-corrected chi connectivity index (χ0v) is 11.3. The highest BCUT2D eigenvalue weighted by molar-refractivity contribution is 6.43. The Bertz CT molecular complexity index is 647. The molecule has 0 spiro atoms. The molecule has 0 saturated carbocycles. The molecule has 19 heavy (non-hydrogen) atoms.